The average Bonchev–Trinajstić information content (AvgIpc) is 3.31. The molecule has 0 spiro atoms. The highest BCUT2D eigenvalue weighted by Gasteiger charge is 2.21. The van der Waals surface area contributed by atoms with Crippen LogP contribution >= 0.6 is 11.6 Å². The first kappa shape index (κ1) is 29.4. The van der Waals surface area contributed by atoms with Crippen molar-refractivity contribution >= 4 is 34.3 Å². The van der Waals surface area contributed by atoms with E-state index in [1.807, 2.05) is 48.5 Å². The summed E-state index contributed by atoms with van der Waals surface area (Å²) in [7, 11) is 0. The summed E-state index contributed by atoms with van der Waals surface area (Å²) in [4.78, 5) is 29.0. The van der Waals surface area contributed by atoms with Gasteiger partial charge in [0.2, 0.25) is 0 Å². The van der Waals surface area contributed by atoms with Gasteiger partial charge in [-0.25, -0.2) is 0 Å². The number of halogens is 1. The molecule has 4 aromatic rings. The zero-order valence-corrected chi connectivity index (χ0v) is 24.3. The number of ketones is 1. The minimum Gasteiger partial charge on any atom is -0.486 e. The van der Waals surface area contributed by atoms with Gasteiger partial charge in [0.05, 0.1) is 12.2 Å². The molecule has 0 aliphatic carbocycles. The number of H-pyrrole nitrogens is 1. The standard InChI is InChI=1S/C34H38ClNO4/c1-4-39-32(37)11-7-10-30-33(28-8-5-6-9-29(28)36-30)34(38)26-16-18-27(19-17-26)40-31(20-21-35)25-14-12-24(13-15-25)22-23(2)3/h5-6,8-9,12-19,23,31,36H,4,7,10-11,20-22H2,1-3H3. The highest BCUT2D eigenvalue weighted by atomic mass is 35.5. The molecule has 0 radical (unpaired) electrons. The summed E-state index contributed by atoms with van der Waals surface area (Å²) in [5.74, 6) is 1.49. The topological polar surface area (TPSA) is 68.4 Å². The number of carbonyl (C=O) groups is 2. The number of benzene rings is 3. The number of esters is 1. The van der Waals surface area contributed by atoms with Crippen molar-refractivity contribution < 1.29 is 19.1 Å². The number of carbonyl (C=O) groups excluding carboxylic acids is 2. The minimum atomic E-state index is -0.221. The maximum Gasteiger partial charge on any atom is 0.305 e. The number of hydrogen-bond donors (Lipinski definition) is 1. The zero-order valence-electron chi connectivity index (χ0n) is 23.5. The van der Waals surface area contributed by atoms with Gasteiger partial charge in [0, 0.05) is 40.9 Å². The van der Waals surface area contributed by atoms with Crippen molar-refractivity contribution in [2.45, 2.75) is 59.0 Å². The molecular formula is C34H38ClNO4. The van der Waals surface area contributed by atoms with Gasteiger partial charge in [0.25, 0.3) is 0 Å². The van der Waals surface area contributed by atoms with Crippen molar-refractivity contribution in [3.63, 3.8) is 0 Å². The molecule has 0 saturated heterocycles. The van der Waals surface area contributed by atoms with Crippen LogP contribution in [0.5, 0.6) is 5.75 Å². The number of aromatic nitrogens is 1. The van der Waals surface area contributed by atoms with Crippen molar-refractivity contribution in [2.75, 3.05) is 12.5 Å². The van der Waals surface area contributed by atoms with E-state index in [1.54, 1.807) is 6.92 Å². The van der Waals surface area contributed by atoms with Crippen molar-refractivity contribution in [3.05, 3.63) is 101 Å². The second-order valence-corrected chi connectivity index (χ2v) is 10.8. The Kier molecular flexibility index (Phi) is 10.4. The molecule has 6 heteroatoms. The Morgan fingerprint density at radius 1 is 0.950 bits per heavy atom. The summed E-state index contributed by atoms with van der Waals surface area (Å²) >= 11 is 6.11. The predicted molar refractivity (Wildman–Crippen MR) is 161 cm³/mol. The highest BCUT2D eigenvalue weighted by molar-refractivity contribution is 6.18. The van der Waals surface area contributed by atoms with E-state index in [0.717, 1.165) is 28.6 Å². The van der Waals surface area contributed by atoms with Crippen LogP contribution in [0.4, 0.5) is 0 Å². The molecule has 0 aliphatic heterocycles. The normalized spacial score (nSPS) is 12.0. The Morgan fingerprint density at radius 2 is 1.68 bits per heavy atom. The first-order valence-corrected chi connectivity index (χ1v) is 14.6. The molecule has 0 aliphatic rings. The monoisotopic (exact) mass is 559 g/mol. The van der Waals surface area contributed by atoms with Gasteiger partial charge in [0.15, 0.2) is 5.78 Å². The van der Waals surface area contributed by atoms with Gasteiger partial charge in [0.1, 0.15) is 11.9 Å². The van der Waals surface area contributed by atoms with Crippen LogP contribution in [-0.4, -0.2) is 29.2 Å². The summed E-state index contributed by atoms with van der Waals surface area (Å²) in [5.41, 5.74) is 5.35. The first-order chi connectivity index (χ1) is 19.4. The fraction of sp³-hybridized carbons (Fsp3) is 0.353. The molecule has 5 nitrogen and oxygen atoms in total. The number of rotatable bonds is 14. The van der Waals surface area contributed by atoms with E-state index in [4.69, 9.17) is 21.1 Å². The number of hydrogen-bond acceptors (Lipinski definition) is 4. The molecular weight excluding hydrogens is 522 g/mol. The summed E-state index contributed by atoms with van der Waals surface area (Å²) < 4.78 is 11.4. The second-order valence-electron chi connectivity index (χ2n) is 10.5. The van der Waals surface area contributed by atoms with E-state index in [9.17, 15) is 9.59 Å². The van der Waals surface area contributed by atoms with Crippen LogP contribution in [0.25, 0.3) is 10.9 Å². The molecule has 0 fully saturated rings. The fourth-order valence-corrected chi connectivity index (χ4v) is 5.21. The Bertz CT molecular complexity index is 1410. The molecule has 1 atom stereocenters. The van der Waals surface area contributed by atoms with Crippen LogP contribution in [-0.2, 0) is 22.4 Å². The van der Waals surface area contributed by atoms with Gasteiger partial charge in [-0.3, -0.25) is 9.59 Å². The molecule has 0 bridgehead atoms. The molecule has 4 rings (SSSR count). The number of nitrogens with one attached hydrogen (secondary N) is 1. The predicted octanol–water partition coefficient (Wildman–Crippen LogP) is 8.23. The quantitative estimate of drug-likeness (QED) is 0.0959. The first-order valence-electron chi connectivity index (χ1n) is 14.1. The van der Waals surface area contributed by atoms with E-state index in [2.05, 4.69) is 43.1 Å². The molecule has 0 amide bonds. The molecule has 1 aromatic heterocycles. The van der Waals surface area contributed by atoms with E-state index in [0.29, 0.717) is 61.0 Å². The Hall–Kier alpha value is -3.57. The van der Waals surface area contributed by atoms with Gasteiger partial charge in [-0.1, -0.05) is 56.3 Å². The van der Waals surface area contributed by atoms with E-state index in [-0.39, 0.29) is 17.9 Å². The maximum absolute atomic E-state index is 13.7. The average molecular weight is 560 g/mol. The summed E-state index contributed by atoms with van der Waals surface area (Å²) in [6.07, 6.45) is 3.03. The summed E-state index contributed by atoms with van der Waals surface area (Å²) in [6, 6.07) is 23.7. The van der Waals surface area contributed by atoms with Crippen molar-refractivity contribution in [1.29, 1.82) is 0 Å². The van der Waals surface area contributed by atoms with Gasteiger partial charge in [-0.15, -0.1) is 11.6 Å². The number of aromatic amines is 1. The third-order valence-electron chi connectivity index (χ3n) is 6.89. The lowest BCUT2D eigenvalue weighted by Crippen LogP contribution is -2.09. The molecule has 40 heavy (non-hydrogen) atoms. The highest BCUT2D eigenvalue weighted by Crippen LogP contribution is 2.29. The van der Waals surface area contributed by atoms with Crippen LogP contribution in [0.2, 0.25) is 0 Å². The minimum absolute atomic E-state index is 0.0619. The van der Waals surface area contributed by atoms with E-state index < -0.39 is 0 Å². The molecule has 1 heterocycles. The third kappa shape index (κ3) is 7.54. The molecule has 3 aromatic carbocycles. The molecule has 1 N–H and O–H groups in total. The van der Waals surface area contributed by atoms with Crippen molar-refractivity contribution in [3.8, 4) is 5.75 Å². The SMILES string of the molecule is CCOC(=O)CCCc1[nH]c2ccccc2c1C(=O)c1ccc(OC(CCCl)c2ccc(CC(C)C)cc2)cc1. The van der Waals surface area contributed by atoms with Crippen LogP contribution < -0.4 is 4.74 Å². The van der Waals surface area contributed by atoms with Crippen LogP contribution in [0.3, 0.4) is 0 Å². The third-order valence-corrected chi connectivity index (χ3v) is 7.10. The van der Waals surface area contributed by atoms with Gasteiger partial charge in [-0.2, -0.15) is 0 Å². The number of aryl methyl sites for hydroxylation is 1. The Morgan fingerprint density at radius 3 is 2.35 bits per heavy atom. The Balaban J connectivity index is 1.51. The number of para-hydroxylation sites is 1. The fourth-order valence-electron chi connectivity index (χ4n) is 5.01. The van der Waals surface area contributed by atoms with Crippen molar-refractivity contribution in [2.24, 2.45) is 5.92 Å². The second kappa shape index (κ2) is 14.2. The van der Waals surface area contributed by atoms with Gasteiger partial charge >= 0.3 is 5.97 Å². The zero-order chi connectivity index (χ0) is 28.5. The van der Waals surface area contributed by atoms with Gasteiger partial charge in [-0.05, 0) is 73.6 Å². The van der Waals surface area contributed by atoms with Crippen LogP contribution in [0, 0.1) is 5.92 Å². The van der Waals surface area contributed by atoms with E-state index >= 15 is 0 Å². The van der Waals surface area contributed by atoms with Gasteiger partial charge < -0.3 is 14.5 Å². The number of ether oxygens (including phenoxy) is 2. The molecule has 0 saturated carbocycles. The lowest BCUT2D eigenvalue weighted by atomic mass is 9.98. The lowest BCUT2D eigenvalue weighted by Gasteiger charge is -2.19. The Labute approximate surface area is 241 Å². The largest absolute Gasteiger partial charge is 0.486 e. The molecule has 210 valence electrons. The summed E-state index contributed by atoms with van der Waals surface area (Å²) in [5, 5.41) is 0.877. The van der Waals surface area contributed by atoms with Crippen LogP contribution in [0.1, 0.15) is 78.9 Å². The number of fused-ring (bicyclic) bond motifs is 1. The molecule has 1 unspecified atom stereocenters. The lowest BCUT2D eigenvalue weighted by molar-refractivity contribution is -0.143. The summed E-state index contributed by atoms with van der Waals surface area (Å²) in [6.45, 7) is 6.60. The maximum atomic E-state index is 13.7. The number of alkyl halides is 1. The smallest absolute Gasteiger partial charge is 0.305 e. The van der Waals surface area contributed by atoms with Crippen LogP contribution in [0.15, 0.2) is 72.8 Å². The van der Waals surface area contributed by atoms with Crippen molar-refractivity contribution in [1.82, 2.24) is 4.98 Å². The van der Waals surface area contributed by atoms with E-state index in [1.165, 1.54) is 5.56 Å².